The minimum Gasteiger partial charge on any atom is -0.420 e. The second-order valence-electron chi connectivity index (χ2n) is 11.2. The number of carbonyl (C=O) groups is 2. The molecular formula is C33H31F4N5O3. The molecule has 2 fully saturated rings. The topological polar surface area (TPSA) is 82.8 Å². The van der Waals surface area contributed by atoms with Crippen molar-refractivity contribution in [1.82, 2.24) is 14.9 Å². The van der Waals surface area contributed by atoms with Gasteiger partial charge in [0.15, 0.2) is 5.69 Å². The highest BCUT2D eigenvalue weighted by molar-refractivity contribution is 5.96. The van der Waals surface area contributed by atoms with Gasteiger partial charge in [0.05, 0.1) is 5.56 Å². The molecule has 12 heteroatoms. The highest BCUT2D eigenvalue weighted by Gasteiger charge is 2.42. The lowest BCUT2D eigenvalue weighted by atomic mass is 9.90. The monoisotopic (exact) mass is 621 g/mol. The largest absolute Gasteiger partial charge is 0.437 e. The summed E-state index contributed by atoms with van der Waals surface area (Å²) in [4.78, 5) is 39.1. The summed E-state index contributed by atoms with van der Waals surface area (Å²) in [5, 5.41) is 0. The Morgan fingerprint density at radius 2 is 1.53 bits per heavy atom. The summed E-state index contributed by atoms with van der Waals surface area (Å²) in [5.74, 6) is -1.69. The molecule has 2 saturated heterocycles. The number of oxazole rings is 1. The number of anilines is 2. The summed E-state index contributed by atoms with van der Waals surface area (Å²) < 4.78 is 61.3. The van der Waals surface area contributed by atoms with Gasteiger partial charge >= 0.3 is 6.18 Å². The summed E-state index contributed by atoms with van der Waals surface area (Å²) in [6, 6.07) is 18.9. The van der Waals surface area contributed by atoms with Crippen LogP contribution in [0.1, 0.15) is 56.5 Å². The van der Waals surface area contributed by atoms with Crippen LogP contribution in [-0.2, 0) is 12.6 Å². The lowest BCUT2D eigenvalue weighted by molar-refractivity contribution is -0.141. The molecule has 2 aromatic heterocycles. The Kier molecular flexibility index (Phi) is 8.55. The Hall–Kier alpha value is -4.74. The number of carbonyl (C=O) groups excluding carboxylic acids is 2. The number of rotatable bonds is 7. The third kappa shape index (κ3) is 6.69. The normalized spacial score (nSPS) is 16.2. The number of piperazine rings is 1. The quantitative estimate of drug-likeness (QED) is 0.185. The first-order valence-corrected chi connectivity index (χ1v) is 14.8. The van der Waals surface area contributed by atoms with Crippen molar-refractivity contribution in [3.8, 4) is 0 Å². The number of hydrogen-bond acceptors (Lipinski definition) is 7. The minimum atomic E-state index is -4.85. The lowest BCUT2D eigenvalue weighted by Gasteiger charge is -2.35. The van der Waals surface area contributed by atoms with Gasteiger partial charge in [-0.3, -0.25) is 9.59 Å². The fourth-order valence-electron chi connectivity index (χ4n) is 5.87. The van der Waals surface area contributed by atoms with E-state index in [9.17, 15) is 27.2 Å². The second-order valence-corrected chi connectivity index (χ2v) is 11.2. The maximum absolute atomic E-state index is 14.0. The summed E-state index contributed by atoms with van der Waals surface area (Å²) in [6.07, 6.45) is -2.29. The summed E-state index contributed by atoms with van der Waals surface area (Å²) in [5.41, 5.74) is 0.318. The smallest absolute Gasteiger partial charge is 0.420 e. The van der Waals surface area contributed by atoms with Gasteiger partial charge in [0.25, 0.3) is 11.9 Å². The minimum absolute atomic E-state index is 0.0262. The highest BCUT2D eigenvalue weighted by Crippen LogP contribution is 2.37. The van der Waals surface area contributed by atoms with E-state index in [4.69, 9.17) is 4.42 Å². The van der Waals surface area contributed by atoms with E-state index in [1.807, 2.05) is 35.2 Å². The van der Waals surface area contributed by atoms with Crippen molar-refractivity contribution in [1.29, 1.82) is 0 Å². The maximum Gasteiger partial charge on any atom is 0.437 e. The van der Waals surface area contributed by atoms with Gasteiger partial charge in [0.1, 0.15) is 11.6 Å². The number of Topliss-reactive ketones (excluding diaryl/α,β-unsaturated/α-hetero) is 1. The average Bonchev–Trinajstić information content (AvgIpc) is 3.53. The standard InChI is InChI=1S/C33H31F4N5O3/c34-26-9-5-4-8-25(26)31(44)41-18-16-40(17-19-41)28-11-10-22(21-38-28)20-27(43)29-30(33(35,36)37)39-32(45-29)42-14-12-24(13-15-42)23-6-2-1-3-7-23/h1-11,21,24H,12-20H2. The van der Waals surface area contributed by atoms with Crippen LogP contribution >= 0.6 is 0 Å². The molecule has 4 aromatic rings. The molecule has 0 N–H and O–H groups in total. The number of benzene rings is 2. The van der Waals surface area contributed by atoms with Crippen LogP contribution in [0, 0.1) is 5.82 Å². The molecule has 2 aliphatic heterocycles. The number of nitrogens with zero attached hydrogens (tertiary/aromatic N) is 5. The van der Waals surface area contributed by atoms with Gasteiger partial charge in [0, 0.05) is 51.9 Å². The Balaban J connectivity index is 1.08. The van der Waals surface area contributed by atoms with Crippen LogP contribution in [-0.4, -0.2) is 65.8 Å². The first-order valence-electron chi connectivity index (χ1n) is 14.8. The number of piperidine rings is 1. The van der Waals surface area contributed by atoms with Crippen LogP contribution in [0.4, 0.5) is 29.4 Å². The van der Waals surface area contributed by atoms with Crippen molar-refractivity contribution in [3.05, 3.63) is 107 Å². The molecule has 8 nitrogen and oxygen atoms in total. The Morgan fingerprint density at radius 1 is 0.844 bits per heavy atom. The second kappa shape index (κ2) is 12.7. The molecule has 2 aliphatic rings. The van der Waals surface area contributed by atoms with Crippen molar-refractivity contribution >= 4 is 23.5 Å². The zero-order valence-electron chi connectivity index (χ0n) is 24.3. The third-order valence-electron chi connectivity index (χ3n) is 8.34. The van der Waals surface area contributed by atoms with E-state index in [-0.39, 0.29) is 23.9 Å². The van der Waals surface area contributed by atoms with Crippen molar-refractivity contribution in [2.24, 2.45) is 0 Å². The van der Waals surface area contributed by atoms with E-state index in [0.717, 1.165) is 12.8 Å². The molecule has 0 bridgehead atoms. The Bertz CT molecular complexity index is 1640. The van der Waals surface area contributed by atoms with Gasteiger partial charge in [-0.2, -0.15) is 18.2 Å². The molecule has 45 heavy (non-hydrogen) atoms. The van der Waals surface area contributed by atoms with E-state index in [1.54, 1.807) is 28.0 Å². The van der Waals surface area contributed by atoms with Crippen LogP contribution in [0.15, 0.2) is 77.3 Å². The number of halogens is 4. The summed E-state index contributed by atoms with van der Waals surface area (Å²) in [6.45, 7) is 2.58. The number of ketones is 1. The van der Waals surface area contributed by atoms with Gasteiger partial charge in [0.2, 0.25) is 11.5 Å². The summed E-state index contributed by atoms with van der Waals surface area (Å²) in [7, 11) is 0. The predicted octanol–water partition coefficient (Wildman–Crippen LogP) is 6.00. The molecule has 0 spiro atoms. The fraction of sp³-hybridized carbons (Fsp3) is 0.333. The Morgan fingerprint density at radius 3 is 2.18 bits per heavy atom. The van der Waals surface area contributed by atoms with Crippen molar-refractivity contribution in [2.45, 2.75) is 31.4 Å². The van der Waals surface area contributed by atoms with Crippen molar-refractivity contribution in [3.63, 3.8) is 0 Å². The Labute approximate surface area is 257 Å². The summed E-state index contributed by atoms with van der Waals surface area (Å²) >= 11 is 0. The molecule has 0 unspecified atom stereocenters. The number of amides is 1. The van der Waals surface area contributed by atoms with Crippen LogP contribution < -0.4 is 9.80 Å². The molecule has 234 valence electrons. The van der Waals surface area contributed by atoms with Gasteiger partial charge in [-0.15, -0.1) is 0 Å². The number of aromatic nitrogens is 2. The molecule has 0 atom stereocenters. The first-order chi connectivity index (χ1) is 21.7. The van der Waals surface area contributed by atoms with Crippen molar-refractivity contribution in [2.75, 3.05) is 49.1 Å². The molecule has 4 heterocycles. The van der Waals surface area contributed by atoms with E-state index in [1.165, 1.54) is 30.0 Å². The zero-order valence-corrected chi connectivity index (χ0v) is 24.3. The van der Waals surface area contributed by atoms with Crippen molar-refractivity contribution < 1.29 is 31.6 Å². The number of alkyl halides is 3. The van der Waals surface area contributed by atoms with Gasteiger partial charge in [-0.05, 0) is 48.1 Å². The molecule has 0 radical (unpaired) electrons. The van der Waals surface area contributed by atoms with E-state index in [2.05, 4.69) is 9.97 Å². The molecule has 2 aromatic carbocycles. The first kappa shape index (κ1) is 30.3. The number of hydrogen-bond donors (Lipinski definition) is 0. The van der Waals surface area contributed by atoms with E-state index < -0.39 is 29.2 Å². The van der Waals surface area contributed by atoms with Crippen LogP contribution in [0.3, 0.4) is 0 Å². The van der Waals surface area contributed by atoms with Gasteiger partial charge < -0.3 is 19.1 Å². The molecule has 1 amide bonds. The lowest BCUT2D eigenvalue weighted by Crippen LogP contribution is -2.49. The van der Waals surface area contributed by atoms with Crippen LogP contribution in [0.25, 0.3) is 0 Å². The van der Waals surface area contributed by atoms with E-state index >= 15 is 0 Å². The SMILES string of the molecule is O=C(Cc1ccc(N2CCN(C(=O)c3ccccc3F)CC2)nc1)c1oc(N2CCC(c3ccccc3)CC2)nc1C(F)(F)F. The number of pyridine rings is 1. The molecule has 0 aliphatic carbocycles. The van der Waals surface area contributed by atoms with E-state index in [0.29, 0.717) is 56.6 Å². The van der Waals surface area contributed by atoms with Gasteiger partial charge in [-0.25, -0.2) is 9.37 Å². The maximum atomic E-state index is 14.0. The van der Waals surface area contributed by atoms with Crippen LogP contribution in [0.2, 0.25) is 0 Å². The predicted molar refractivity (Wildman–Crippen MR) is 159 cm³/mol. The molecule has 6 rings (SSSR count). The van der Waals surface area contributed by atoms with Crippen LogP contribution in [0.5, 0.6) is 0 Å². The third-order valence-corrected chi connectivity index (χ3v) is 8.34. The molecule has 0 saturated carbocycles. The zero-order chi connectivity index (χ0) is 31.6. The fourth-order valence-corrected chi connectivity index (χ4v) is 5.87. The highest BCUT2D eigenvalue weighted by atomic mass is 19.4. The van der Waals surface area contributed by atoms with Gasteiger partial charge in [-0.1, -0.05) is 48.5 Å². The molecular weight excluding hydrogens is 590 g/mol. The average molecular weight is 622 g/mol.